The van der Waals surface area contributed by atoms with Crippen molar-refractivity contribution in [2.24, 2.45) is 0 Å². The number of carbonyl (C=O) groups excluding carboxylic acids is 2. The number of carbonyl (C=O) groups is 2. The Balaban J connectivity index is 1.67. The van der Waals surface area contributed by atoms with Crippen molar-refractivity contribution in [3.8, 4) is 0 Å². The Kier molecular flexibility index (Phi) is 6.11. The normalized spacial score (nSPS) is 17.1. The van der Waals surface area contributed by atoms with Gasteiger partial charge in [0.05, 0.1) is 6.54 Å². The second kappa shape index (κ2) is 8.54. The minimum absolute atomic E-state index is 0.00117. The van der Waals surface area contributed by atoms with Crippen LogP contribution in [0.15, 0.2) is 60.7 Å². The van der Waals surface area contributed by atoms with E-state index in [1.165, 1.54) is 11.1 Å². The van der Waals surface area contributed by atoms with Crippen molar-refractivity contribution in [2.45, 2.75) is 38.6 Å². The van der Waals surface area contributed by atoms with Gasteiger partial charge in [0.15, 0.2) is 0 Å². The fourth-order valence-electron chi connectivity index (χ4n) is 3.57. The number of aliphatic hydroxyl groups excluding tert-OH is 1. The Morgan fingerprint density at radius 1 is 0.964 bits per heavy atom. The number of nitrogens with zero attached hydrogens (tertiary/aromatic N) is 1. The third-order valence-corrected chi connectivity index (χ3v) is 4.96. The predicted octanol–water partition coefficient (Wildman–Crippen LogP) is 0.963. The van der Waals surface area contributed by atoms with Gasteiger partial charge in [-0.05, 0) is 13.8 Å². The molecule has 6 heteroatoms. The number of rotatable bonds is 8. The van der Waals surface area contributed by atoms with E-state index < -0.39 is 17.7 Å². The van der Waals surface area contributed by atoms with Gasteiger partial charge in [-0.25, -0.2) is 4.79 Å². The Hall–Kier alpha value is -2.70. The topological polar surface area (TPSA) is 74.1 Å². The fraction of sp³-hybridized carbons (Fsp3) is 0.364. The number of benzene rings is 2. The van der Waals surface area contributed by atoms with Crippen LogP contribution >= 0.6 is 0 Å². The molecule has 1 fully saturated rings. The van der Waals surface area contributed by atoms with Crippen molar-refractivity contribution in [3.05, 3.63) is 71.8 Å². The van der Waals surface area contributed by atoms with Crippen molar-refractivity contribution in [1.29, 1.82) is 0 Å². The molecule has 6 nitrogen and oxygen atoms in total. The summed E-state index contributed by atoms with van der Waals surface area (Å²) in [5, 5.41) is 13.3. The summed E-state index contributed by atoms with van der Waals surface area (Å²) in [7, 11) is 0. The van der Waals surface area contributed by atoms with Gasteiger partial charge in [-0.15, -0.1) is 0 Å². The van der Waals surface area contributed by atoms with E-state index >= 15 is 0 Å². The summed E-state index contributed by atoms with van der Waals surface area (Å²) in [6, 6.07) is 19.8. The lowest BCUT2D eigenvalue weighted by Gasteiger charge is -2.25. The molecule has 0 saturated carbocycles. The SMILES string of the molecule is CC1(C)NC(=O)N(C[C@@H](O)C[NH+](Cc2ccccc2)Cc2ccccc2)C1=O. The molecule has 2 aromatic rings. The van der Waals surface area contributed by atoms with Crippen LogP contribution in [0.25, 0.3) is 0 Å². The first-order valence-corrected chi connectivity index (χ1v) is 9.59. The maximum atomic E-state index is 12.4. The zero-order valence-corrected chi connectivity index (χ0v) is 16.4. The lowest BCUT2D eigenvalue weighted by atomic mass is 10.1. The van der Waals surface area contributed by atoms with Crippen molar-refractivity contribution in [1.82, 2.24) is 10.2 Å². The maximum absolute atomic E-state index is 12.4. The van der Waals surface area contributed by atoms with Crippen LogP contribution in [0.1, 0.15) is 25.0 Å². The van der Waals surface area contributed by atoms with Gasteiger partial charge in [-0.3, -0.25) is 9.69 Å². The molecule has 0 aliphatic carbocycles. The number of hydrogen-bond acceptors (Lipinski definition) is 3. The number of amides is 3. The zero-order chi connectivity index (χ0) is 20.1. The molecule has 0 aromatic heterocycles. The average molecular weight is 382 g/mol. The Labute approximate surface area is 165 Å². The van der Waals surface area contributed by atoms with E-state index in [4.69, 9.17) is 0 Å². The second-order valence-electron chi connectivity index (χ2n) is 7.90. The molecule has 3 N–H and O–H groups in total. The number of quaternary nitrogens is 1. The number of aliphatic hydroxyl groups is 1. The summed E-state index contributed by atoms with van der Waals surface area (Å²) in [6.07, 6.45) is -0.800. The molecule has 2 aromatic carbocycles. The molecule has 0 unspecified atom stereocenters. The molecule has 0 bridgehead atoms. The Bertz CT molecular complexity index is 767. The summed E-state index contributed by atoms with van der Waals surface area (Å²) in [5.74, 6) is -0.302. The lowest BCUT2D eigenvalue weighted by Crippen LogP contribution is -3.10. The van der Waals surface area contributed by atoms with E-state index in [9.17, 15) is 14.7 Å². The van der Waals surface area contributed by atoms with E-state index in [1.807, 2.05) is 36.4 Å². The molecule has 148 valence electrons. The van der Waals surface area contributed by atoms with Crippen molar-refractivity contribution >= 4 is 11.9 Å². The summed E-state index contributed by atoms with van der Waals surface area (Å²) >= 11 is 0. The number of urea groups is 1. The largest absolute Gasteiger partial charge is 0.385 e. The van der Waals surface area contributed by atoms with Gasteiger partial charge in [0.2, 0.25) is 0 Å². The second-order valence-corrected chi connectivity index (χ2v) is 7.90. The van der Waals surface area contributed by atoms with Crippen LogP contribution in [0.2, 0.25) is 0 Å². The first-order valence-electron chi connectivity index (χ1n) is 9.59. The van der Waals surface area contributed by atoms with E-state index in [0.717, 1.165) is 22.9 Å². The highest BCUT2D eigenvalue weighted by Crippen LogP contribution is 2.16. The molecule has 1 saturated heterocycles. The maximum Gasteiger partial charge on any atom is 0.325 e. The zero-order valence-electron chi connectivity index (χ0n) is 16.4. The molecule has 1 aliphatic rings. The standard InChI is InChI=1S/C22H27N3O3/c1-22(2)20(27)25(21(28)23-22)16-19(26)15-24(13-17-9-5-3-6-10-17)14-18-11-7-4-8-12-18/h3-12,19,26H,13-16H2,1-2H3,(H,23,28)/p+1/t19-/m0/s1. The van der Waals surface area contributed by atoms with Crippen LogP contribution in [0, 0.1) is 0 Å². The first-order chi connectivity index (χ1) is 13.3. The summed E-state index contributed by atoms with van der Waals surface area (Å²) in [6.45, 7) is 5.27. The molecule has 1 aliphatic heterocycles. The average Bonchev–Trinajstić information content (AvgIpc) is 2.85. The fourth-order valence-corrected chi connectivity index (χ4v) is 3.57. The molecule has 28 heavy (non-hydrogen) atoms. The summed E-state index contributed by atoms with van der Waals surface area (Å²) < 4.78 is 0. The van der Waals surface area contributed by atoms with Gasteiger partial charge in [0.1, 0.15) is 31.3 Å². The highest BCUT2D eigenvalue weighted by atomic mass is 16.3. The molecule has 1 atom stereocenters. The molecule has 0 radical (unpaired) electrons. The van der Waals surface area contributed by atoms with Crippen LogP contribution in [-0.4, -0.2) is 46.7 Å². The summed E-state index contributed by atoms with van der Waals surface area (Å²) in [4.78, 5) is 26.7. The molecule has 3 amide bonds. The quantitative estimate of drug-likeness (QED) is 0.596. The van der Waals surface area contributed by atoms with Crippen LogP contribution in [0.4, 0.5) is 4.79 Å². The van der Waals surface area contributed by atoms with E-state index in [2.05, 4.69) is 29.6 Å². The minimum Gasteiger partial charge on any atom is -0.385 e. The Morgan fingerprint density at radius 2 is 1.46 bits per heavy atom. The highest BCUT2D eigenvalue weighted by Gasteiger charge is 2.44. The smallest absolute Gasteiger partial charge is 0.325 e. The third-order valence-electron chi connectivity index (χ3n) is 4.96. The van der Waals surface area contributed by atoms with Crippen molar-refractivity contribution < 1.29 is 19.6 Å². The molecular weight excluding hydrogens is 354 g/mol. The molecular formula is C22H28N3O3+. The number of hydrogen-bond donors (Lipinski definition) is 3. The Morgan fingerprint density at radius 3 is 1.89 bits per heavy atom. The molecule has 3 rings (SSSR count). The molecule has 0 spiro atoms. The highest BCUT2D eigenvalue weighted by molar-refractivity contribution is 6.06. The van der Waals surface area contributed by atoms with Gasteiger partial charge in [0.25, 0.3) is 5.91 Å². The minimum atomic E-state index is -0.919. The predicted molar refractivity (Wildman–Crippen MR) is 106 cm³/mol. The van der Waals surface area contributed by atoms with Crippen LogP contribution in [0.3, 0.4) is 0 Å². The van der Waals surface area contributed by atoms with Gasteiger partial charge < -0.3 is 15.3 Å². The van der Waals surface area contributed by atoms with Crippen LogP contribution in [0.5, 0.6) is 0 Å². The van der Waals surface area contributed by atoms with E-state index in [1.54, 1.807) is 13.8 Å². The molecule has 1 heterocycles. The number of nitrogens with one attached hydrogen (secondary N) is 2. The first kappa shape index (κ1) is 20.0. The van der Waals surface area contributed by atoms with E-state index in [0.29, 0.717) is 6.54 Å². The van der Waals surface area contributed by atoms with E-state index in [-0.39, 0.29) is 12.5 Å². The van der Waals surface area contributed by atoms with Gasteiger partial charge >= 0.3 is 6.03 Å². The lowest BCUT2D eigenvalue weighted by molar-refractivity contribution is -0.930. The van der Waals surface area contributed by atoms with Gasteiger partial charge in [-0.2, -0.15) is 0 Å². The van der Waals surface area contributed by atoms with Crippen molar-refractivity contribution in [2.75, 3.05) is 13.1 Å². The van der Waals surface area contributed by atoms with Crippen LogP contribution in [-0.2, 0) is 17.9 Å². The van der Waals surface area contributed by atoms with Gasteiger partial charge in [-0.1, -0.05) is 60.7 Å². The van der Waals surface area contributed by atoms with Crippen LogP contribution < -0.4 is 10.2 Å². The monoisotopic (exact) mass is 382 g/mol. The van der Waals surface area contributed by atoms with Gasteiger partial charge in [0, 0.05) is 11.1 Å². The number of imide groups is 1. The third kappa shape index (κ3) is 4.97. The summed E-state index contributed by atoms with van der Waals surface area (Å²) in [5.41, 5.74) is 1.44. The number of β-amino-alcohol motifs (C(OH)–C–C–N with tert-alkyl or cyclic N) is 1. The van der Waals surface area contributed by atoms with Crippen molar-refractivity contribution in [3.63, 3.8) is 0 Å².